The Morgan fingerprint density at radius 2 is 2.04 bits per heavy atom. The van der Waals surface area contributed by atoms with Crippen LogP contribution in [0.1, 0.15) is 36.7 Å². The van der Waals surface area contributed by atoms with E-state index < -0.39 is 0 Å². The third-order valence-corrected chi connectivity index (χ3v) is 3.16. The molecule has 0 aliphatic heterocycles. The van der Waals surface area contributed by atoms with Gasteiger partial charge in [0.25, 0.3) is 5.91 Å². The Balaban J connectivity index is 2.07. The fourth-order valence-corrected chi connectivity index (χ4v) is 2.13. The number of carbonyl (C=O) groups excluding carboxylic acids is 1. The first kappa shape index (κ1) is 18.3. The highest BCUT2D eigenvalue weighted by atomic mass is 16.5. The number of nitrogens with two attached hydrogens (primary N) is 1. The molecule has 0 aliphatic rings. The summed E-state index contributed by atoms with van der Waals surface area (Å²) in [4.78, 5) is 12.0. The zero-order valence-corrected chi connectivity index (χ0v) is 14.7. The van der Waals surface area contributed by atoms with Gasteiger partial charge < -0.3 is 15.2 Å². The third-order valence-electron chi connectivity index (χ3n) is 3.16. The van der Waals surface area contributed by atoms with Gasteiger partial charge in [0.2, 0.25) is 0 Å². The van der Waals surface area contributed by atoms with E-state index in [0.717, 1.165) is 5.56 Å². The van der Waals surface area contributed by atoms with Crippen molar-refractivity contribution < 1.29 is 14.3 Å². The van der Waals surface area contributed by atoms with Crippen LogP contribution < -0.4 is 20.6 Å². The number of nitrogens with zero attached hydrogens (tertiary/aromatic N) is 1. The standard InChI is InChI=1S/C19H23N3O3/c1-4-24-18-10-14(8-9-17(18)25-13(2)3)12-21-22-19(23)15-6-5-7-16(20)11-15/h5-13H,4,20H2,1-3H3,(H,22,23)/b21-12-. The first-order valence-corrected chi connectivity index (χ1v) is 8.12. The van der Waals surface area contributed by atoms with Gasteiger partial charge in [0, 0.05) is 11.3 Å². The molecule has 1 amide bonds. The molecular weight excluding hydrogens is 318 g/mol. The lowest BCUT2D eigenvalue weighted by molar-refractivity contribution is 0.0955. The minimum Gasteiger partial charge on any atom is -0.490 e. The maximum atomic E-state index is 12.0. The van der Waals surface area contributed by atoms with Gasteiger partial charge in [-0.1, -0.05) is 6.07 Å². The van der Waals surface area contributed by atoms with Crippen LogP contribution in [0.3, 0.4) is 0 Å². The highest BCUT2D eigenvalue weighted by molar-refractivity contribution is 5.95. The maximum Gasteiger partial charge on any atom is 0.271 e. The van der Waals surface area contributed by atoms with Crippen molar-refractivity contribution in [2.24, 2.45) is 5.10 Å². The van der Waals surface area contributed by atoms with Gasteiger partial charge in [-0.15, -0.1) is 0 Å². The maximum absolute atomic E-state index is 12.0. The van der Waals surface area contributed by atoms with E-state index in [1.54, 1.807) is 30.5 Å². The SMILES string of the molecule is CCOc1cc(/C=N\NC(=O)c2cccc(N)c2)ccc1OC(C)C. The first-order valence-electron chi connectivity index (χ1n) is 8.12. The van der Waals surface area contributed by atoms with Crippen LogP contribution in [0.15, 0.2) is 47.6 Å². The van der Waals surface area contributed by atoms with E-state index in [9.17, 15) is 4.79 Å². The second kappa shape index (κ2) is 8.73. The molecule has 25 heavy (non-hydrogen) atoms. The van der Waals surface area contributed by atoms with Crippen molar-refractivity contribution in [3.63, 3.8) is 0 Å². The molecule has 0 unspecified atom stereocenters. The molecule has 0 bridgehead atoms. The molecule has 0 atom stereocenters. The topological polar surface area (TPSA) is 85.9 Å². The highest BCUT2D eigenvalue weighted by Gasteiger charge is 2.08. The van der Waals surface area contributed by atoms with Gasteiger partial charge in [-0.25, -0.2) is 5.43 Å². The fourth-order valence-electron chi connectivity index (χ4n) is 2.13. The number of hydrazone groups is 1. The summed E-state index contributed by atoms with van der Waals surface area (Å²) in [5.41, 5.74) is 9.90. The number of nitrogen functional groups attached to an aromatic ring is 1. The Kier molecular flexibility index (Phi) is 6.39. The van der Waals surface area contributed by atoms with E-state index in [1.807, 2.05) is 39.0 Å². The summed E-state index contributed by atoms with van der Waals surface area (Å²) in [7, 11) is 0. The predicted octanol–water partition coefficient (Wildman–Crippen LogP) is 3.22. The zero-order chi connectivity index (χ0) is 18.2. The van der Waals surface area contributed by atoms with Crippen molar-refractivity contribution >= 4 is 17.8 Å². The van der Waals surface area contributed by atoms with E-state index in [1.165, 1.54) is 0 Å². The van der Waals surface area contributed by atoms with Gasteiger partial charge in [-0.2, -0.15) is 5.10 Å². The first-order chi connectivity index (χ1) is 12.0. The second-order valence-corrected chi connectivity index (χ2v) is 5.63. The summed E-state index contributed by atoms with van der Waals surface area (Å²) >= 11 is 0. The summed E-state index contributed by atoms with van der Waals surface area (Å²) in [6.45, 7) is 6.35. The van der Waals surface area contributed by atoms with E-state index in [4.69, 9.17) is 15.2 Å². The molecule has 0 heterocycles. The lowest BCUT2D eigenvalue weighted by Crippen LogP contribution is -2.17. The molecule has 132 valence electrons. The lowest BCUT2D eigenvalue weighted by Gasteiger charge is -2.14. The number of carbonyl (C=O) groups is 1. The Bertz CT molecular complexity index is 757. The van der Waals surface area contributed by atoms with Crippen LogP contribution in [-0.4, -0.2) is 24.8 Å². The number of ether oxygens (including phenoxy) is 2. The van der Waals surface area contributed by atoms with Crippen molar-refractivity contribution in [1.29, 1.82) is 0 Å². The van der Waals surface area contributed by atoms with E-state index in [0.29, 0.717) is 29.4 Å². The second-order valence-electron chi connectivity index (χ2n) is 5.63. The quantitative estimate of drug-likeness (QED) is 0.460. The van der Waals surface area contributed by atoms with Gasteiger partial charge in [-0.3, -0.25) is 4.79 Å². The van der Waals surface area contributed by atoms with Crippen molar-refractivity contribution in [3.8, 4) is 11.5 Å². The van der Waals surface area contributed by atoms with Crippen LogP contribution in [0.2, 0.25) is 0 Å². The molecule has 0 spiro atoms. The molecule has 0 aliphatic carbocycles. The van der Waals surface area contributed by atoms with Crippen molar-refractivity contribution in [2.75, 3.05) is 12.3 Å². The minimum atomic E-state index is -0.326. The Labute approximate surface area is 147 Å². The minimum absolute atomic E-state index is 0.0521. The van der Waals surface area contributed by atoms with E-state index >= 15 is 0 Å². The predicted molar refractivity (Wildman–Crippen MR) is 99.3 cm³/mol. The number of benzene rings is 2. The normalized spacial score (nSPS) is 10.9. The Morgan fingerprint density at radius 1 is 1.24 bits per heavy atom. The van der Waals surface area contributed by atoms with E-state index in [-0.39, 0.29) is 12.0 Å². The molecule has 0 saturated heterocycles. The van der Waals surface area contributed by atoms with Crippen LogP contribution in [0, 0.1) is 0 Å². The van der Waals surface area contributed by atoms with Crippen LogP contribution in [0.5, 0.6) is 11.5 Å². The number of rotatable bonds is 7. The molecular formula is C19H23N3O3. The molecule has 0 radical (unpaired) electrons. The molecule has 2 rings (SSSR count). The third kappa shape index (κ3) is 5.53. The molecule has 0 saturated carbocycles. The Hall–Kier alpha value is -3.02. The number of nitrogens with one attached hydrogen (secondary N) is 1. The Morgan fingerprint density at radius 3 is 2.72 bits per heavy atom. The van der Waals surface area contributed by atoms with Gasteiger partial charge in [-0.05, 0) is 62.7 Å². The van der Waals surface area contributed by atoms with Crippen molar-refractivity contribution in [1.82, 2.24) is 5.43 Å². The van der Waals surface area contributed by atoms with Gasteiger partial charge >= 0.3 is 0 Å². The van der Waals surface area contributed by atoms with E-state index in [2.05, 4.69) is 10.5 Å². The highest BCUT2D eigenvalue weighted by Crippen LogP contribution is 2.28. The number of anilines is 1. The van der Waals surface area contributed by atoms with Crippen molar-refractivity contribution in [2.45, 2.75) is 26.9 Å². The summed E-state index contributed by atoms with van der Waals surface area (Å²) in [6.07, 6.45) is 1.60. The number of amides is 1. The number of hydrogen-bond acceptors (Lipinski definition) is 5. The average molecular weight is 341 g/mol. The van der Waals surface area contributed by atoms with Crippen LogP contribution in [-0.2, 0) is 0 Å². The summed E-state index contributed by atoms with van der Waals surface area (Å²) < 4.78 is 11.3. The summed E-state index contributed by atoms with van der Waals surface area (Å²) in [5, 5.41) is 3.98. The van der Waals surface area contributed by atoms with Crippen LogP contribution in [0.25, 0.3) is 0 Å². The van der Waals surface area contributed by atoms with Gasteiger partial charge in [0.05, 0.1) is 18.9 Å². The largest absolute Gasteiger partial charge is 0.490 e. The zero-order valence-electron chi connectivity index (χ0n) is 14.7. The van der Waals surface area contributed by atoms with Crippen LogP contribution in [0.4, 0.5) is 5.69 Å². The fraction of sp³-hybridized carbons (Fsp3) is 0.263. The molecule has 2 aromatic carbocycles. The molecule has 0 aromatic heterocycles. The monoisotopic (exact) mass is 341 g/mol. The summed E-state index contributed by atoms with van der Waals surface area (Å²) in [5.74, 6) is 0.994. The van der Waals surface area contributed by atoms with Gasteiger partial charge in [0.1, 0.15) is 0 Å². The molecule has 6 heteroatoms. The summed E-state index contributed by atoms with van der Waals surface area (Å²) in [6, 6.07) is 12.2. The smallest absolute Gasteiger partial charge is 0.271 e. The van der Waals surface area contributed by atoms with Crippen molar-refractivity contribution in [3.05, 3.63) is 53.6 Å². The molecule has 6 nitrogen and oxygen atoms in total. The number of hydrogen-bond donors (Lipinski definition) is 2. The molecule has 3 N–H and O–H groups in total. The van der Waals surface area contributed by atoms with Crippen LogP contribution >= 0.6 is 0 Å². The lowest BCUT2D eigenvalue weighted by atomic mass is 10.2. The molecule has 2 aromatic rings. The molecule has 0 fully saturated rings. The average Bonchev–Trinajstić information content (AvgIpc) is 2.57. The van der Waals surface area contributed by atoms with Gasteiger partial charge in [0.15, 0.2) is 11.5 Å².